The molecule has 166 valence electrons. The van der Waals surface area contributed by atoms with E-state index in [9.17, 15) is 14.7 Å². The first-order valence-electron chi connectivity index (χ1n) is 10.6. The van der Waals surface area contributed by atoms with Crippen LogP contribution in [0.25, 0.3) is 0 Å². The van der Waals surface area contributed by atoms with Gasteiger partial charge in [-0.3, -0.25) is 9.59 Å². The fourth-order valence-electron chi connectivity index (χ4n) is 5.53. The van der Waals surface area contributed by atoms with Crippen molar-refractivity contribution in [1.82, 2.24) is 5.32 Å². The van der Waals surface area contributed by atoms with Gasteiger partial charge in [-0.05, 0) is 34.4 Å². The van der Waals surface area contributed by atoms with E-state index in [-0.39, 0.29) is 24.3 Å². The minimum absolute atomic E-state index is 0.0439. The fraction of sp³-hybridized carbons (Fsp3) is 0.360. The van der Waals surface area contributed by atoms with Crippen LogP contribution in [0.4, 0.5) is 0 Å². The minimum Gasteiger partial charge on any atom is -0.481 e. The van der Waals surface area contributed by atoms with Crippen LogP contribution >= 0.6 is 0 Å². The van der Waals surface area contributed by atoms with E-state index in [1.165, 1.54) is 14.2 Å². The van der Waals surface area contributed by atoms with Crippen molar-refractivity contribution in [3.63, 3.8) is 0 Å². The highest BCUT2D eigenvalue weighted by Gasteiger charge is 2.55. The Balaban J connectivity index is 1.50. The average molecular weight is 435 g/mol. The summed E-state index contributed by atoms with van der Waals surface area (Å²) < 4.78 is 16.4. The molecule has 7 heteroatoms. The van der Waals surface area contributed by atoms with Crippen molar-refractivity contribution in [3.8, 4) is 0 Å². The molecular weight excluding hydrogens is 410 g/mol. The van der Waals surface area contributed by atoms with Gasteiger partial charge in [-0.25, -0.2) is 0 Å². The molecule has 0 radical (unpaired) electrons. The van der Waals surface area contributed by atoms with Crippen LogP contribution in [-0.4, -0.2) is 49.8 Å². The predicted molar refractivity (Wildman–Crippen MR) is 115 cm³/mol. The standard InChI is InChI=1S/C25H25NO6/c1-30-18-11-12-25(31-2,32-18)13-26-23(27)21-19-14-7-3-5-9-16(14)20(22(21)24(28)29)17-10-6-4-8-15(17)19/h3-12,18-22H,13H2,1-2H3,(H,26,27)(H,28,29)/t18-,19?,20?,21-,22-,25-/m0/s1. The molecule has 32 heavy (non-hydrogen) atoms. The second kappa shape index (κ2) is 7.85. The highest BCUT2D eigenvalue weighted by Crippen LogP contribution is 2.58. The second-order valence-corrected chi connectivity index (χ2v) is 8.42. The summed E-state index contributed by atoms with van der Waals surface area (Å²) in [6, 6.07) is 15.7. The molecule has 1 heterocycles. The molecule has 4 aliphatic rings. The number of benzene rings is 2. The van der Waals surface area contributed by atoms with E-state index in [1.54, 1.807) is 12.2 Å². The number of rotatable bonds is 6. The zero-order valence-electron chi connectivity index (χ0n) is 17.9. The smallest absolute Gasteiger partial charge is 0.308 e. The first-order valence-corrected chi connectivity index (χ1v) is 10.6. The van der Waals surface area contributed by atoms with Gasteiger partial charge in [0.2, 0.25) is 11.7 Å². The van der Waals surface area contributed by atoms with Crippen LogP contribution in [-0.2, 0) is 23.8 Å². The van der Waals surface area contributed by atoms with E-state index in [2.05, 4.69) is 5.32 Å². The van der Waals surface area contributed by atoms with Gasteiger partial charge in [0, 0.05) is 26.1 Å². The van der Waals surface area contributed by atoms with Crippen molar-refractivity contribution in [1.29, 1.82) is 0 Å². The molecule has 0 fully saturated rings. The SMILES string of the molecule is CO[C@@H]1C=C[C@](CNC(=O)[C@H]2C3c4ccccc4C(c4ccccc43)[C@@H]2C(=O)O)(OC)O1. The molecule has 2 N–H and O–H groups in total. The van der Waals surface area contributed by atoms with Gasteiger partial charge in [-0.15, -0.1) is 0 Å². The summed E-state index contributed by atoms with van der Waals surface area (Å²) >= 11 is 0. The Morgan fingerprint density at radius 1 is 0.969 bits per heavy atom. The third-order valence-electron chi connectivity index (χ3n) is 6.94. The van der Waals surface area contributed by atoms with Crippen LogP contribution in [0.1, 0.15) is 34.1 Å². The maximum Gasteiger partial charge on any atom is 0.308 e. The quantitative estimate of drug-likeness (QED) is 0.678. The third kappa shape index (κ3) is 3.08. The third-order valence-corrected chi connectivity index (χ3v) is 6.94. The van der Waals surface area contributed by atoms with Gasteiger partial charge < -0.3 is 24.6 Å². The predicted octanol–water partition coefficient (Wildman–Crippen LogP) is 2.61. The molecule has 0 spiro atoms. The Bertz CT molecular complexity index is 1050. The number of methoxy groups -OCH3 is 2. The number of carbonyl (C=O) groups excluding carboxylic acids is 1. The van der Waals surface area contributed by atoms with Crippen LogP contribution in [0, 0.1) is 11.8 Å². The number of carboxylic acid groups (broad SMARTS) is 1. The van der Waals surface area contributed by atoms with Gasteiger partial charge >= 0.3 is 5.97 Å². The number of carboxylic acids is 1. The van der Waals surface area contributed by atoms with Gasteiger partial charge in [0.05, 0.1) is 18.4 Å². The van der Waals surface area contributed by atoms with E-state index in [0.717, 1.165) is 22.3 Å². The highest BCUT2D eigenvalue weighted by atomic mass is 16.8. The van der Waals surface area contributed by atoms with Gasteiger partial charge in [0.25, 0.3) is 0 Å². The van der Waals surface area contributed by atoms with Crippen molar-refractivity contribution in [2.24, 2.45) is 11.8 Å². The summed E-state index contributed by atoms with van der Waals surface area (Å²) in [4.78, 5) is 26.0. The van der Waals surface area contributed by atoms with E-state index < -0.39 is 29.9 Å². The lowest BCUT2D eigenvalue weighted by atomic mass is 9.54. The molecule has 4 atom stereocenters. The summed E-state index contributed by atoms with van der Waals surface area (Å²) in [5.74, 6) is -4.78. The lowest BCUT2D eigenvalue weighted by Gasteiger charge is -2.48. The molecule has 2 aromatic carbocycles. The number of aliphatic carboxylic acids is 1. The molecule has 2 aromatic rings. The number of fused-ring (bicyclic) bond motifs is 1. The molecule has 2 bridgehead atoms. The van der Waals surface area contributed by atoms with E-state index in [0.29, 0.717) is 0 Å². The van der Waals surface area contributed by atoms with Crippen LogP contribution in [0.3, 0.4) is 0 Å². The van der Waals surface area contributed by atoms with Gasteiger partial charge in [-0.1, -0.05) is 48.5 Å². The van der Waals surface area contributed by atoms with Gasteiger partial charge in [-0.2, -0.15) is 0 Å². The minimum atomic E-state index is -1.15. The van der Waals surface area contributed by atoms with Crippen LogP contribution in [0.2, 0.25) is 0 Å². The molecule has 3 aliphatic carbocycles. The summed E-state index contributed by atoms with van der Waals surface area (Å²) in [7, 11) is 3.01. The first kappa shape index (κ1) is 20.9. The summed E-state index contributed by atoms with van der Waals surface area (Å²) in [6.45, 7) is 0.0439. The first-order chi connectivity index (χ1) is 15.5. The lowest BCUT2D eigenvalue weighted by Crippen LogP contribution is -2.53. The number of hydrogen-bond acceptors (Lipinski definition) is 5. The van der Waals surface area contributed by atoms with Crippen LogP contribution in [0.5, 0.6) is 0 Å². The molecule has 1 aliphatic heterocycles. The van der Waals surface area contributed by atoms with Gasteiger partial charge in [0.15, 0.2) is 6.29 Å². The number of hydrogen-bond donors (Lipinski definition) is 2. The average Bonchev–Trinajstić information content (AvgIpc) is 3.26. The maximum atomic E-state index is 13.5. The Morgan fingerprint density at radius 3 is 1.94 bits per heavy atom. The van der Waals surface area contributed by atoms with Crippen LogP contribution in [0.15, 0.2) is 60.7 Å². The molecule has 1 amide bonds. The van der Waals surface area contributed by atoms with Gasteiger partial charge in [0.1, 0.15) is 0 Å². The summed E-state index contributed by atoms with van der Waals surface area (Å²) in [5, 5.41) is 13.1. The van der Waals surface area contributed by atoms with Crippen molar-refractivity contribution >= 4 is 11.9 Å². The Kier molecular flexibility index (Phi) is 5.12. The maximum absolute atomic E-state index is 13.5. The van der Waals surface area contributed by atoms with E-state index >= 15 is 0 Å². The topological polar surface area (TPSA) is 94.1 Å². The second-order valence-electron chi connectivity index (χ2n) is 8.42. The summed E-state index contributed by atoms with van der Waals surface area (Å²) in [6.07, 6.45) is 2.85. The monoisotopic (exact) mass is 435 g/mol. The Hall–Kier alpha value is -3.00. The van der Waals surface area contributed by atoms with Crippen molar-refractivity contribution in [2.45, 2.75) is 23.9 Å². The molecule has 0 saturated heterocycles. The largest absolute Gasteiger partial charge is 0.481 e. The highest BCUT2D eigenvalue weighted by molar-refractivity contribution is 5.89. The van der Waals surface area contributed by atoms with E-state index in [1.807, 2.05) is 48.5 Å². The zero-order valence-corrected chi connectivity index (χ0v) is 17.9. The van der Waals surface area contributed by atoms with Crippen molar-refractivity contribution in [3.05, 3.63) is 82.9 Å². The molecule has 6 rings (SSSR count). The number of ether oxygens (including phenoxy) is 3. The molecular formula is C25H25NO6. The lowest BCUT2D eigenvalue weighted by molar-refractivity contribution is -0.239. The molecule has 0 unspecified atom stereocenters. The molecule has 7 nitrogen and oxygen atoms in total. The zero-order chi connectivity index (χ0) is 22.5. The molecule has 0 aromatic heterocycles. The Morgan fingerprint density at radius 2 is 1.50 bits per heavy atom. The van der Waals surface area contributed by atoms with Crippen molar-refractivity contribution in [2.75, 3.05) is 20.8 Å². The number of carbonyl (C=O) groups is 2. The number of amides is 1. The Labute approximate surface area is 186 Å². The van der Waals surface area contributed by atoms with E-state index in [4.69, 9.17) is 14.2 Å². The normalized spacial score (nSPS) is 31.8. The fourth-order valence-corrected chi connectivity index (χ4v) is 5.53. The summed E-state index contributed by atoms with van der Waals surface area (Å²) in [5.41, 5.74) is 4.02. The number of nitrogens with one attached hydrogen (secondary N) is 1. The van der Waals surface area contributed by atoms with Crippen LogP contribution < -0.4 is 5.32 Å². The van der Waals surface area contributed by atoms with Crippen molar-refractivity contribution < 1.29 is 28.9 Å². The molecule has 0 saturated carbocycles.